The van der Waals surface area contributed by atoms with E-state index in [0.717, 1.165) is 0 Å². The van der Waals surface area contributed by atoms with Crippen LogP contribution < -0.4 is 0 Å². The molecule has 6 nitrogen and oxygen atoms in total. The molecule has 2 aromatic carbocycles. The summed E-state index contributed by atoms with van der Waals surface area (Å²) in [5, 5.41) is 8.45. The third-order valence-corrected chi connectivity index (χ3v) is 3.80. The van der Waals surface area contributed by atoms with Crippen molar-refractivity contribution in [1.82, 2.24) is 0 Å². The Morgan fingerprint density at radius 3 is 2.29 bits per heavy atom. The Bertz CT molecular complexity index is 724. The van der Waals surface area contributed by atoms with Crippen molar-refractivity contribution in [2.24, 2.45) is 0 Å². The van der Waals surface area contributed by atoms with Crippen LogP contribution in [0.15, 0.2) is 59.5 Å². The van der Waals surface area contributed by atoms with Gasteiger partial charge in [0, 0.05) is 11.1 Å². The van der Waals surface area contributed by atoms with E-state index in [-0.39, 0.29) is 10.5 Å². The Hall–Kier alpha value is -2.06. The molecule has 0 amide bonds. The number of rotatable bonds is 6. The molecule has 0 bridgehead atoms. The van der Waals surface area contributed by atoms with Crippen LogP contribution in [-0.2, 0) is 19.3 Å². The fourth-order valence-electron chi connectivity index (χ4n) is 1.74. The van der Waals surface area contributed by atoms with E-state index in [1.807, 2.05) is 0 Å². The molecule has 0 aliphatic heterocycles. The van der Waals surface area contributed by atoms with Gasteiger partial charge in [-0.3, -0.25) is 4.79 Å². The molecule has 0 aromatic heterocycles. The lowest BCUT2D eigenvalue weighted by molar-refractivity contribution is -0.249. The molecule has 0 fully saturated rings. The zero-order valence-electron chi connectivity index (χ0n) is 10.8. The molecule has 0 aliphatic carbocycles. The number of aliphatic hydroxyl groups is 1. The second-order valence-corrected chi connectivity index (χ2v) is 5.44. The Kier molecular flexibility index (Phi) is 4.81. The van der Waals surface area contributed by atoms with E-state index in [9.17, 15) is 13.2 Å². The van der Waals surface area contributed by atoms with Crippen LogP contribution in [0.4, 0.5) is 0 Å². The zero-order valence-corrected chi connectivity index (χ0v) is 11.6. The Morgan fingerprint density at radius 2 is 1.62 bits per heavy atom. The van der Waals surface area contributed by atoms with Gasteiger partial charge in [-0.2, -0.15) is 13.3 Å². The van der Waals surface area contributed by atoms with Gasteiger partial charge in [0.05, 0.1) is 0 Å². The van der Waals surface area contributed by atoms with E-state index < -0.39 is 22.7 Å². The van der Waals surface area contributed by atoms with Gasteiger partial charge < -0.3 is 5.11 Å². The van der Waals surface area contributed by atoms with Crippen LogP contribution in [0.1, 0.15) is 15.9 Å². The Labute approximate surface area is 121 Å². The Morgan fingerprint density at radius 1 is 1.00 bits per heavy atom. The highest BCUT2D eigenvalue weighted by molar-refractivity contribution is 7.86. The molecule has 0 saturated heterocycles. The van der Waals surface area contributed by atoms with E-state index in [1.54, 1.807) is 36.4 Å². The maximum atomic E-state index is 12.4. The van der Waals surface area contributed by atoms with E-state index >= 15 is 0 Å². The minimum absolute atomic E-state index is 0.0368. The molecule has 7 heteroatoms. The van der Waals surface area contributed by atoms with Crippen molar-refractivity contribution in [3.8, 4) is 0 Å². The van der Waals surface area contributed by atoms with Crippen LogP contribution in [-0.4, -0.2) is 26.1 Å². The molecule has 0 saturated carbocycles. The summed E-state index contributed by atoms with van der Waals surface area (Å²) in [5.74, 6) is -0.456. The molecule has 0 radical (unpaired) electrons. The summed E-state index contributed by atoms with van der Waals surface area (Å²) < 4.78 is 28.0. The normalized spacial score (nSPS) is 11.3. The SMILES string of the molecule is O=C(c1ccccc1)c1ccccc1S(=O)(=O)OOCO. The van der Waals surface area contributed by atoms with Gasteiger partial charge in [0.2, 0.25) is 0 Å². The predicted molar refractivity (Wildman–Crippen MR) is 72.8 cm³/mol. The number of ketones is 1. The largest absolute Gasteiger partial charge is 0.368 e. The standard InChI is InChI=1S/C14H12O6S/c15-10-19-20-21(17,18)13-9-5-4-8-12(13)14(16)11-6-2-1-3-7-11/h1-9,15H,10H2. The van der Waals surface area contributed by atoms with Gasteiger partial charge in [0.25, 0.3) is 0 Å². The third kappa shape index (κ3) is 3.53. The highest BCUT2D eigenvalue weighted by Crippen LogP contribution is 2.21. The number of hydrogen-bond donors (Lipinski definition) is 1. The van der Waals surface area contributed by atoms with E-state index in [4.69, 9.17) is 5.11 Å². The Balaban J connectivity index is 2.45. The minimum atomic E-state index is -4.31. The average molecular weight is 308 g/mol. The van der Waals surface area contributed by atoms with Gasteiger partial charge in [-0.1, -0.05) is 42.5 Å². The van der Waals surface area contributed by atoms with Crippen molar-refractivity contribution in [3.05, 3.63) is 65.7 Å². The van der Waals surface area contributed by atoms with Crippen LogP contribution >= 0.6 is 0 Å². The van der Waals surface area contributed by atoms with E-state index in [1.165, 1.54) is 18.2 Å². The molecular formula is C14H12O6S. The first-order valence-corrected chi connectivity index (χ1v) is 7.33. The lowest BCUT2D eigenvalue weighted by Crippen LogP contribution is -2.13. The van der Waals surface area contributed by atoms with Crippen molar-refractivity contribution in [2.45, 2.75) is 4.90 Å². The maximum Gasteiger partial charge on any atom is 0.324 e. The highest BCUT2D eigenvalue weighted by Gasteiger charge is 2.24. The predicted octanol–water partition coefficient (Wildman–Crippen LogP) is 1.50. The monoisotopic (exact) mass is 308 g/mol. The van der Waals surface area contributed by atoms with Crippen molar-refractivity contribution >= 4 is 15.9 Å². The number of benzene rings is 2. The van der Waals surface area contributed by atoms with Gasteiger partial charge in [0.1, 0.15) is 4.90 Å². The van der Waals surface area contributed by atoms with Gasteiger partial charge in [-0.25, -0.2) is 0 Å². The summed E-state index contributed by atoms with van der Waals surface area (Å²) in [7, 11) is -4.31. The molecule has 2 rings (SSSR count). The number of carbonyl (C=O) groups excluding carboxylic acids is 1. The number of carbonyl (C=O) groups is 1. The maximum absolute atomic E-state index is 12.4. The minimum Gasteiger partial charge on any atom is -0.368 e. The summed E-state index contributed by atoms with van der Waals surface area (Å²) in [6.07, 6.45) is 0. The van der Waals surface area contributed by atoms with E-state index in [0.29, 0.717) is 5.56 Å². The molecule has 110 valence electrons. The number of aliphatic hydroxyl groups excluding tert-OH is 1. The van der Waals surface area contributed by atoms with Crippen LogP contribution in [0.2, 0.25) is 0 Å². The van der Waals surface area contributed by atoms with Crippen molar-refractivity contribution in [3.63, 3.8) is 0 Å². The van der Waals surface area contributed by atoms with Crippen LogP contribution in [0.25, 0.3) is 0 Å². The summed E-state index contributed by atoms with van der Waals surface area (Å²) in [4.78, 5) is 16.1. The molecule has 0 spiro atoms. The number of hydrogen-bond acceptors (Lipinski definition) is 6. The fraction of sp³-hybridized carbons (Fsp3) is 0.0714. The second-order valence-electron chi connectivity index (χ2n) is 3.96. The van der Waals surface area contributed by atoms with Crippen LogP contribution in [0.5, 0.6) is 0 Å². The second kappa shape index (κ2) is 6.59. The molecule has 0 aliphatic rings. The van der Waals surface area contributed by atoms with Crippen molar-refractivity contribution < 1.29 is 27.5 Å². The topological polar surface area (TPSA) is 89.9 Å². The summed E-state index contributed by atoms with van der Waals surface area (Å²) in [5.41, 5.74) is 0.313. The molecule has 2 aromatic rings. The van der Waals surface area contributed by atoms with Crippen molar-refractivity contribution in [1.29, 1.82) is 0 Å². The molecule has 0 heterocycles. The first kappa shape index (κ1) is 15.3. The first-order valence-electron chi connectivity index (χ1n) is 5.92. The van der Waals surface area contributed by atoms with Crippen LogP contribution in [0, 0.1) is 0 Å². The quantitative estimate of drug-likeness (QED) is 0.376. The molecule has 0 atom stereocenters. The summed E-state index contributed by atoms with van der Waals surface area (Å²) >= 11 is 0. The van der Waals surface area contributed by atoms with E-state index in [2.05, 4.69) is 9.22 Å². The van der Waals surface area contributed by atoms with Gasteiger partial charge >= 0.3 is 10.1 Å². The smallest absolute Gasteiger partial charge is 0.324 e. The van der Waals surface area contributed by atoms with Gasteiger partial charge in [-0.05, 0) is 12.1 Å². The third-order valence-electron chi connectivity index (χ3n) is 2.63. The lowest BCUT2D eigenvalue weighted by Gasteiger charge is -2.08. The van der Waals surface area contributed by atoms with Crippen molar-refractivity contribution in [2.75, 3.05) is 6.79 Å². The summed E-state index contributed by atoms with van der Waals surface area (Å²) in [6, 6.07) is 13.9. The molecule has 1 N–H and O–H groups in total. The molecule has 0 unspecified atom stereocenters. The van der Waals surface area contributed by atoms with Crippen LogP contribution in [0.3, 0.4) is 0 Å². The van der Waals surface area contributed by atoms with Gasteiger partial charge in [0.15, 0.2) is 12.6 Å². The summed E-state index contributed by atoms with van der Waals surface area (Å²) in [6.45, 7) is -0.923. The average Bonchev–Trinajstić information content (AvgIpc) is 2.53. The first-order chi connectivity index (χ1) is 10.1. The van der Waals surface area contributed by atoms with Gasteiger partial charge in [-0.15, -0.1) is 4.33 Å². The molecular weight excluding hydrogens is 296 g/mol. The highest BCUT2D eigenvalue weighted by atomic mass is 32.2. The molecule has 21 heavy (non-hydrogen) atoms. The zero-order chi connectivity index (χ0) is 15.3. The fourth-order valence-corrected chi connectivity index (χ4v) is 2.66. The lowest BCUT2D eigenvalue weighted by atomic mass is 10.0.